The van der Waals surface area contributed by atoms with Crippen molar-refractivity contribution in [3.8, 4) is 0 Å². The summed E-state index contributed by atoms with van der Waals surface area (Å²) in [5.74, 6) is 0. The molecule has 0 bridgehead atoms. The van der Waals surface area contributed by atoms with E-state index in [1.165, 1.54) is 0 Å². The van der Waals surface area contributed by atoms with Gasteiger partial charge in [0.05, 0.1) is 6.61 Å². The van der Waals surface area contributed by atoms with Crippen molar-refractivity contribution in [2.24, 2.45) is 5.41 Å². The molecule has 1 aliphatic rings. The Morgan fingerprint density at radius 2 is 1.91 bits per heavy atom. The Hall–Kier alpha value is -0.130. The Morgan fingerprint density at radius 3 is 2.09 bits per heavy atom. The molecular weight excluding hydrogens is 168 g/mol. The van der Waals surface area contributed by atoms with Gasteiger partial charge in [-0.15, -0.1) is 0 Å². The smallest absolute Gasteiger partial charge is 0.245 e. The van der Waals surface area contributed by atoms with E-state index in [-0.39, 0.29) is 18.1 Å². The zero-order valence-electron chi connectivity index (χ0n) is 6.83. The maximum Gasteiger partial charge on any atom is 0.400 e. The van der Waals surface area contributed by atoms with E-state index in [0.717, 1.165) is 0 Å². The first-order valence-electron chi connectivity index (χ1n) is 3.39. The highest BCUT2D eigenvalue weighted by Crippen LogP contribution is 2.28. The van der Waals surface area contributed by atoms with Crippen molar-refractivity contribution in [1.29, 1.82) is 0 Å². The van der Waals surface area contributed by atoms with E-state index in [1.54, 1.807) is 0 Å². The van der Waals surface area contributed by atoms with Gasteiger partial charge in [-0.3, -0.25) is 0 Å². The van der Waals surface area contributed by atoms with Gasteiger partial charge in [0.25, 0.3) is 0 Å². The minimum Gasteiger partial charge on any atom is -0.245 e. The number of hydrogen-bond acceptors (Lipinski definition) is 4. The first kappa shape index (κ1) is 8.96. The van der Waals surface area contributed by atoms with Crippen LogP contribution in [-0.4, -0.2) is 21.1 Å². The molecule has 1 saturated heterocycles. The minimum absolute atomic E-state index is 0.131. The summed E-state index contributed by atoms with van der Waals surface area (Å²) in [6.07, 6.45) is -0.354. The lowest BCUT2D eigenvalue weighted by Gasteiger charge is -2.22. The molecule has 0 spiro atoms. The molecule has 1 fully saturated rings. The molecule has 0 radical (unpaired) electrons. The van der Waals surface area contributed by atoms with E-state index in [9.17, 15) is 8.42 Å². The lowest BCUT2D eigenvalue weighted by atomic mass is 9.90. The van der Waals surface area contributed by atoms with Gasteiger partial charge in [-0.2, -0.15) is 8.42 Å². The van der Waals surface area contributed by atoms with Crippen LogP contribution in [0.3, 0.4) is 0 Å². The molecule has 1 heterocycles. The fraction of sp³-hybridized carbons (Fsp3) is 1.00. The predicted molar refractivity (Wildman–Crippen MR) is 39.2 cm³/mol. The average molecular weight is 180 g/mol. The third kappa shape index (κ3) is 2.15. The zero-order valence-corrected chi connectivity index (χ0v) is 7.64. The second-order valence-electron chi connectivity index (χ2n) is 3.64. The molecule has 0 aromatic rings. The van der Waals surface area contributed by atoms with Crippen LogP contribution in [-0.2, 0) is 18.8 Å². The molecule has 11 heavy (non-hydrogen) atoms. The van der Waals surface area contributed by atoms with Crippen molar-refractivity contribution in [1.82, 2.24) is 0 Å². The van der Waals surface area contributed by atoms with Crippen LogP contribution >= 0.6 is 0 Å². The van der Waals surface area contributed by atoms with Gasteiger partial charge in [0, 0.05) is 0 Å². The standard InChI is InChI=1S/C6H12O4S/c1-6(2,3)5-4-9-11(7,8)10-5/h5H,4H2,1-3H3/t5-/m1/s1. The Balaban J connectivity index is 2.70. The van der Waals surface area contributed by atoms with Crippen LogP contribution in [0.15, 0.2) is 0 Å². The molecule has 0 amide bonds. The third-order valence-corrected chi connectivity index (χ3v) is 2.46. The van der Waals surface area contributed by atoms with Crippen LogP contribution in [0.5, 0.6) is 0 Å². The lowest BCUT2D eigenvalue weighted by Crippen LogP contribution is -2.28. The zero-order chi connectivity index (χ0) is 8.70. The SMILES string of the molecule is CC(C)(C)[C@H]1COS(=O)(=O)O1. The monoisotopic (exact) mass is 180 g/mol. The molecule has 0 aliphatic carbocycles. The number of rotatable bonds is 0. The first-order chi connectivity index (χ1) is 4.81. The Bertz CT molecular complexity index is 236. The number of hydrogen-bond donors (Lipinski definition) is 0. The van der Waals surface area contributed by atoms with Crippen molar-refractivity contribution < 1.29 is 16.8 Å². The van der Waals surface area contributed by atoms with Gasteiger partial charge in [0.15, 0.2) is 0 Å². The molecular formula is C6H12O4S. The molecule has 4 nitrogen and oxygen atoms in total. The highest BCUT2D eigenvalue weighted by molar-refractivity contribution is 7.82. The second kappa shape index (κ2) is 2.43. The summed E-state index contributed by atoms with van der Waals surface area (Å²) in [4.78, 5) is 0. The highest BCUT2D eigenvalue weighted by Gasteiger charge is 2.37. The highest BCUT2D eigenvalue weighted by atomic mass is 32.3. The van der Waals surface area contributed by atoms with Gasteiger partial charge in [-0.05, 0) is 5.41 Å². The van der Waals surface area contributed by atoms with Crippen molar-refractivity contribution in [2.45, 2.75) is 26.9 Å². The summed E-state index contributed by atoms with van der Waals surface area (Å²) in [6.45, 7) is 5.84. The molecule has 5 heteroatoms. The largest absolute Gasteiger partial charge is 0.400 e. The van der Waals surface area contributed by atoms with Crippen LogP contribution in [0, 0.1) is 5.41 Å². The van der Waals surface area contributed by atoms with Crippen LogP contribution in [0.4, 0.5) is 0 Å². The Labute approximate surface area is 66.8 Å². The van der Waals surface area contributed by atoms with Crippen LogP contribution in [0.2, 0.25) is 0 Å². The molecule has 0 N–H and O–H groups in total. The van der Waals surface area contributed by atoms with Gasteiger partial charge < -0.3 is 0 Å². The van der Waals surface area contributed by atoms with Crippen molar-refractivity contribution >= 4 is 10.4 Å². The summed E-state index contributed by atoms with van der Waals surface area (Å²) < 4.78 is 30.4. The summed E-state index contributed by atoms with van der Waals surface area (Å²) in [7, 11) is -3.68. The van der Waals surface area contributed by atoms with Crippen LogP contribution < -0.4 is 0 Å². The average Bonchev–Trinajstić information content (AvgIpc) is 2.07. The van der Waals surface area contributed by atoms with Crippen molar-refractivity contribution in [2.75, 3.05) is 6.61 Å². The van der Waals surface area contributed by atoms with Crippen molar-refractivity contribution in [3.63, 3.8) is 0 Å². The maximum atomic E-state index is 10.6. The van der Waals surface area contributed by atoms with E-state index < -0.39 is 10.4 Å². The molecule has 1 aliphatic heterocycles. The molecule has 0 aromatic heterocycles. The molecule has 66 valence electrons. The molecule has 1 rings (SSSR count). The van der Waals surface area contributed by atoms with Gasteiger partial charge >= 0.3 is 10.4 Å². The quantitative estimate of drug-likeness (QED) is 0.550. The molecule has 0 unspecified atom stereocenters. The Morgan fingerprint density at radius 1 is 1.36 bits per heavy atom. The normalized spacial score (nSPS) is 30.6. The van der Waals surface area contributed by atoms with Gasteiger partial charge in [-0.1, -0.05) is 20.8 Å². The fourth-order valence-electron chi connectivity index (χ4n) is 0.737. The van der Waals surface area contributed by atoms with Crippen LogP contribution in [0.1, 0.15) is 20.8 Å². The van der Waals surface area contributed by atoms with Crippen molar-refractivity contribution in [3.05, 3.63) is 0 Å². The van der Waals surface area contributed by atoms with E-state index in [4.69, 9.17) is 0 Å². The van der Waals surface area contributed by atoms with Gasteiger partial charge in [0.2, 0.25) is 0 Å². The second-order valence-corrected chi connectivity index (χ2v) is 4.89. The Kier molecular flexibility index (Phi) is 1.98. The lowest BCUT2D eigenvalue weighted by molar-refractivity contribution is 0.109. The summed E-state index contributed by atoms with van der Waals surface area (Å²) in [5.41, 5.74) is -0.191. The van der Waals surface area contributed by atoms with E-state index >= 15 is 0 Å². The predicted octanol–water partition coefficient (Wildman–Crippen LogP) is 0.693. The maximum absolute atomic E-state index is 10.6. The topological polar surface area (TPSA) is 52.6 Å². The molecule has 0 aromatic carbocycles. The van der Waals surface area contributed by atoms with E-state index in [1.807, 2.05) is 20.8 Å². The van der Waals surface area contributed by atoms with Gasteiger partial charge in [0.1, 0.15) is 6.10 Å². The fourth-order valence-corrected chi connectivity index (χ4v) is 1.71. The third-order valence-electron chi connectivity index (χ3n) is 1.56. The minimum atomic E-state index is -3.68. The van der Waals surface area contributed by atoms with E-state index in [0.29, 0.717) is 0 Å². The first-order valence-corrected chi connectivity index (χ1v) is 4.72. The van der Waals surface area contributed by atoms with Crippen LogP contribution in [0.25, 0.3) is 0 Å². The summed E-state index contributed by atoms with van der Waals surface area (Å²) in [6, 6.07) is 0. The van der Waals surface area contributed by atoms with E-state index in [2.05, 4.69) is 8.37 Å². The summed E-state index contributed by atoms with van der Waals surface area (Å²) in [5, 5.41) is 0. The van der Waals surface area contributed by atoms with Gasteiger partial charge in [-0.25, -0.2) is 8.37 Å². The molecule has 1 atom stereocenters. The summed E-state index contributed by atoms with van der Waals surface area (Å²) >= 11 is 0. The molecule has 0 saturated carbocycles.